The Kier molecular flexibility index (Phi) is 8.19. The summed E-state index contributed by atoms with van der Waals surface area (Å²) < 4.78 is 0. The highest BCUT2D eigenvalue weighted by molar-refractivity contribution is 5.66. The van der Waals surface area contributed by atoms with Gasteiger partial charge < -0.3 is 5.11 Å². The van der Waals surface area contributed by atoms with E-state index in [1.54, 1.807) is 0 Å². The number of carboxylic acid groups (broad SMARTS) is 1. The van der Waals surface area contributed by atoms with Gasteiger partial charge in [0.1, 0.15) is 0 Å². The molecule has 0 aliphatic heterocycles. The third-order valence-electron chi connectivity index (χ3n) is 1.81. The summed E-state index contributed by atoms with van der Waals surface area (Å²) in [4.78, 5) is 10.1. The van der Waals surface area contributed by atoms with E-state index < -0.39 is 5.97 Å². The van der Waals surface area contributed by atoms with Gasteiger partial charge >= 0.3 is 5.97 Å². The zero-order chi connectivity index (χ0) is 9.23. The average Bonchev–Trinajstić information content (AvgIpc) is 2.02. The molecule has 1 radical (unpaired) electrons. The van der Waals surface area contributed by atoms with Crippen molar-refractivity contribution < 1.29 is 9.90 Å². The molecule has 0 aliphatic carbocycles. The molecule has 1 N–H and O–H groups in total. The van der Waals surface area contributed by atoms with Crippen LogP contribution in [0.1, 0.15) is 51.9 Å². The number of unbranched alkanes of at least 4 members (excludes halogenated alkanes) is 6. The lowest BCUT2D eigenvalue weighted by atomic mass is 10.1. The van der Waals surface area contributed by atoms with Gasteiger partial charge in [-0.2, -0.15) is 0 Å². The molecule has 0 fully saturated rings. The van der Waals surface area contributed by atoms with E-state index in [9.17, 15) is 4.79 Å². The summed E-state index contributed by atoms with van der Waals surface area (Å²) in [5.74, 6) is -0.683. The first kappa shape index (κ1) is 11.5. The summed E-state index contributed by atoms with van der Waals surface area (Å²) in [6.45, 7) is 2.18. The molecular weight excluding hydrogens is 152 g/mol. The van der Waals surface area contributed by atoms with Crippen LogP contribution in [0.15, 0.2) is 0 Å². The van der Waals surface area contributed by atoms with Crippen molar-refractivity contribution in [2.75, 3.05) is 0 Å². The van der Waals surface area contributed by atoms with Crippen LogP contribution in [0.2, 0.25) is 0 Å². The Morgan fingerprint density at radius 2 is 1.92 bits per heavy atom. The van der Waals surface area contributed by atoms with E-state index in [-0.39, 0.29) is 0 Å². The maximum Gasteiger partial charge on any atom is 0.303 e. The summed E-state index contributed by atoms with van der Waals surface area (Å²) in [5, 5.41) is 8.34. The van der Waals surface area contributed by atoms with Crippen LogP contribution in [0, 0.1) is 6.42 Å². The molecule has 0 aromatic carbocycles. The smallest absolute Gasteiger partial charge is 0.303 e. The molecule has 0 aliphatic rings. The largest absolute Gasteiger partial charge is 0.481 e. The van der Waals surface area contributed by atoms with Crippen molar-refractivity contribution in [3.05, 3.63) is 6.42 Å². The fourth-order valence-electron chi connectivity index (χ4n) is 1.08. The minimum absolute atomic E-state index is 0.310. The lowest BCUT2D eigenvalue weighted by Crippen LogP contribution is -1.93. The first-order valence-corrected chi connectivity index (χ1v) is 4.80. The molecule has 2 nitrogen and oxygen atoms in total. The van der Waals surface area contributed by atoms with Gasteiger partial charge in [0.25, 0.3) is 0 Å². The highest BCUT2D eigenvalue weighted by Crippen LogP contribution is 2.06. The van der Waals surface area contributed by atoms with Crippen molar-refractivity contribution in [3.8, 4) is 0 Å². The minimum Gasteiger partial charge on any atom is -0.481 e. The molecule has 0 spiro atoms. The Bertz CT molecular complexity index is 110. The van der Waals surface area contributed by atoms with Crippen LogP contribution in [-0.4, -0.2) is 11.1 Å². The van der Waals surface area contributed by atoms with Crippen molar-refractivity contribution in [2.45, 2.75) is 51.9 Å². The van der Waals surface area contributed by atoms with Crippen LogP contribution in [0.3, 0.4) is 0 Å². The molecule has 0 unspecified atom stereocenters. The van der Waals surface area contributed by atoms with Gasteiger partial charge in [0.15, 0.2) is 0 Å². The van der Waals surface area contributed by atoms with Crippen molar-refractivity contribution in [2.24, 2.45) is 0 Å². The van der Waals surface area contributed by atoms with Crippen molar-refractivity contribution in [1.29, 1.82) is 0 Å². The van der Waals surface area contributed by atoms with Gasteiger partial charge in [0, 0.05) is 6.42 Å². The van der Waals surface area contributed by atoms with E-state index in [1.165, 1.54) is 19.3 Å². The SMILES string of the molecule is CCCCC[CH]CCCC(=O)O. The highest BCUT2D eigenvalue weighted by atomic mass is 16.4. The maximum absolute atomic E-state index is 10.1. The molecule has 0 amide bonds. The molecule has 0 atom stereocenters. The van der Waals surface area contributed by atoms with Gasteiger partial charge in [-0.05, 0) is 19.3 Å². The first-order chi connectivity index (χ1) is 5.77. The summed E-state index contributed by atoms with van der Waals surface area (Å²) >= 11 is 0. The van der Waals surface area contributed by atoms with Gasteiger partial charge in [-0.25, -0.2) is 0 Å². The second-order valence-corrected chi connectivity index (χ2v) is 3.07. The molecule has 0 rings (SSSR count). The predicted octanol–water partition coefficient (Wildman–Crippen LogP) is 3.03. The van der Waals surface area contributed by atoms with Crippen LogP contribution in [0.4, 0.5) is 0 Å². The van der Waals surface area contributed by atoms with Crippen molar-refractivity contribution in [3.63, 3.8) is 0 Å². The Labute approximate surface area is 75.0 Å². The third kappa shape index (κ3) is 9.47. The Hall–Kier alpha value is -0.530. The molecule has 12 heavy (non-hydrogen) atoms. The zero-order valence-electron chi connectivity index (χ0n) is 7.88. The van der Waals surface area contributed by atoms with Gasteiger partial charge in [-0.1, -0.05) is 32.6 Å². The van der Waals surface area contributed by atoms with Crippen molar-refractivity contribution >= 4 is 5.97 Å². The van der Waals surface area contributed by atoms with E-state index in [0.717, 1.165) is 19.3 Å². The van der Waals surface area contributed by atoms with Gasteiger partial charge in [-0.3, -0.25) is 4.79 Å². The van der Waals surface area contributed by atoms with Crippen LogP contribution in [0.5, 0.6) is 0 Å². The molecule has 0 saturated carbocycles. The zero-order valence-corrected chi connectivity index (χ0v) is 7.88. The van der Waals surface area contributed by atoms with Gasteiger partial charge in [0.2, 0.25) is 0 Å². The van der Waals surface area contributed by atoms with E-state index in [2.05, 4.69) is 13.3 Å². The van der Waals surface area contributed by atoms with Crippen LogP contribution >= 0.6 is 0 Å². The number of carboxylic acids is 1. The second kappa shape index (κ2) is 8.57. The monoisotopic (exact) mass is 171 g/mol. The normalized spacial score (nSPS) is 10.1. The molecule has 0 saturated heterocycles. The minimum atomic E-state index is -0.683. The first-order valence-electron chi connectivity index (χ1n) is 4.80. The molecule has 0 aromatic heterocycles. The Morgan fingerprint density at radius 1 is 1.25 bits per heavy atom. The van der Waals surface area contributed by atoms with E-state index >= 15 is 0 Å². The number of hydrogen-bond acceptors (Lipinski definition) is 1. The fourth-order valence-corrected chi connectivity index (χ4v) is 1.08. The summed E-state index contributed by atoms with van der Waals surface area (Å²) in [7, 11) is 0. The van der Waals surface area contributed by atoms with Crippen LogP contribution in [-0.2, 0) is 4.79 Å². The van der Waals surface area contributed by atoms with E-state index in [1.807, 2.05) is 0 Å². The number of rotatable bonds is 8. The molecule has 71 valence electrons. The summed E-state index contributed by atoms with van der Waals surface area (Å²) in [5.41, 5.74) is 0. The lowest BCUT2D eigenvalue weighted by Gasteiger charge is -1.98. The predicted molar refractivity (Wildman–Crippen MR) is 49.9 cm³/mol. The van der Waals surface area contributed by atoms with E-state index in [0.29, 0.717) is 6.42 Å². The quantitative estimate of drug-likeness (QED) is 0.570. The van der Waals surface area contributed by atoms with E-state index in [4.69, 9.17) is 5.11 Å². The van der Waals surface area contributed by atoms with Crippen LogP contribution < -0.4 is 0 Å². The second-order valence-electron chi connectivity index (χ2n) is 3.07. The topological polar surface area (TPSA) is 37.3 Å². The molecule has 2 heteroatoms. The Morgan fingerprint density at radius 3 is 2.50 bits per heavy atom. The lowest BCUT2D eigenvalue weighted by molar-refractivity contribution is -0.137. The van der Waals surface area contributed by atoms with Gasteiger partial charge in [0.05, 0.1) is 0 Å². The van der Waals surface area contributed by atoms with Gasteiger partial charge in [-0.15, -0.1) is 0 Å². The summed E-state index contributed by atoms with van der Waals surface area (Å²) in [6, 6.07) is 0. The molecular formula is C10H19O2. The molecule has 0 heterocycles. The average molecular weight is 171 g/mol. The standard InChI is InChI=1S/C10H19O2/c1-2-3-4-5-6-7-8-9-10(11)12/h6H,2-5,7-9H2,1H3,(H,11,12). The fraction of sp³-hybridized carbons (Fsp3) is 0.800. The number of hydrogen-bond donors (Lipinski definition) is 1. The third-order valence-corrected chi connectivity index (χ3v) is 1.81. The maximum atomic E-state index is 10.1. The highest BCUT2D eigenvalue weighted by Gasteiger charge is 1.95. The van der Waals surface area contributed by atoms with Crippen LogP contribution in [0.25, 0.3) is 0 Å². The van der Waals surface area contributed by atoms with Crippen molar-refractivity contribution in [1.82, 2.24) is 0 Å². The molecule has 0 bridgehead atoms. The number of aliphatic carboxylic acids is 1. The molecule has 0 aromatic rings. The number of carbonyl (C=O) groups is 1. The summed E-state index contributed by atoms with van der Waals surface area (Å²) in [6.07, 6.45) is 9.20. The Balaban J connectivity index is 2.86.